The predicted molar refractivity (Wildman–Crippen MR) is 98.5 cm³/mol. The first kappa shape index (κ1) is 21.0. The number of hydrogen-bond acceptors (Lipinski definition) is 5. The number of aromatic nitrogens is 2. The number of aliphatic hydroxyl groups is 1. The van der Waals surface area contributed by atoms with Crippen LogP contribution in [0, 0.1) is 5.82 Å². The van der Waals surface area contributed by atoms with E-state index in [0.717, 1.165) is 12.1 Å². The monoisotopic (exact) mass is 428 g/mol. The van der Waals surface area contributed by atoms with E-state index in [0.29, 0.717) is 16.0 Å². The summed E-state index contributed by atoms with van der Waals surface area (Å²) >= 11 is 1.20. The predicted octanol–water partition coefficient (Wildman–Crippen LogP) is 3.22. The van der Waals surface area contributed by atoms with Crippen LogP contribution in [0.5, 0.6) is 0 Å². The van der Waals surface area contributed by atoms with Crippen LogP contribution in [0.4, 0.5) is 17.6 Å². The van der Waals surface area contributed by atoms with Gasteiger partial charge in [-0.1, -0.05) is 0 Å². The number of hydrogen-bond donors (Lipinski definition) is 4. The van der Waals surface area contributed by atoms with Gasteiger partial charge in [-0.15, -0.1) is 11.3 Å². The van der Waals surface area contributed by atoms with Gasteiger partial charge in [0.05, 0.1) is 18.2 Å². The first-order valence-electron chi connectivity index (χ1n) is 8.35. The van der Waals surface area contributed by atoms with Crippen LogP contribution < -0.4 is 11.1 Å². The number of alkyl halides is 3. The zero-order chi connectivity index (χ0) is 21.2. The van der Waals surface area contributed by atoms with E-state index in [1.54, 1.807) is 0 Å². The molecular weight excluding hydrogens is 412 g/mol. The van der Waals surface area contributed by atoms with Gasteiger partial charge in [-0.3, -0.25) is 4.79 Å². The van der Waals surface area contributed by atoms with Gasteiger partial charge in [0.25, 0.3) is 5.91 Å². The van der Waals surface area contributed by atoms with Crippen molar-refractivity contribution in [3.05, 3.63) is 63.5 Å². The van der Waals surface area contributed by atoms with E-state index in [1.165, 1.54) is 29.7 Å². The minimum Gasteiger partial charge on any atom is -0.389 e. The number of nitrogens with zero attached hydrogens (tertiary/aromatic N) is 1. The van der Waals surface area contributed by atoms with E-state index in [4.69, 9.17) is 10.8 Å². The Morgan fingerprint density at radius 1 is 1.31 bits per heavy atom. The fourth-order valence-electron chi connectivity index (χ4n) is 2.64. The number of H-pyrrole nitrogens is 1. The maximum Gasteiger partial charge on any atom is 0.416 e. The van der Waals surface area contributed by atoms with Crippen LogP contribution in [-0.2, 0) is 12.8 Å². The summed E-state index contributed by atoms with van der Waals surface area (Å²) in [4.78, 5) is 19.8. The summed E-state index contributed by atoms with van der Waals surface area (Å²) in [5.74, 6) is -1.59. The Bertz CT molecular complexity index is 1020. The Morgan fingerprint density at radius 2 is 2.07 bits per heavy atom. The molecule has 0 saturated carbocycles. The molecule has 1 aromatic carbocycles. The Hall–Kier alpha value is -2.76. The van der Waals surface area contributed by atoms with Crippen molar-refractivity contribution in [3.8, 4) is 11.3 Å². The summed E-state index contributed by atoms with van der Waals surface area (Å²) in [6, 6.07) is 4.42. The molecule has 5 N–H and O–H groups in total. The molecule has 3 rings (SSSR count). The van der Waals surface area contributed by atoms with Crippen LogP contribution in [0.1, 0.15) is 32.0 Å². The highest BCUT2D eigenvalue weighted by molar-refractivity contribution is 7.11. The lowest BCUT2D eigenvalue weighted by Gasteiger charge is -2.14. The molecule has 0 aliphatic rings. The van der Waals surface area contributed by atoms with Gasteiger partial charge in [-0.05, 0) is 30.3 Å². The standard InChI is InChI=1S/C18H16F4N4O2S/c19-11-5-9(18(20,21)22)1-2-10(11)12-3-4-13(25-12)17(28)26-14(6-23)15-7-24-16(8-27)29-15/h1-5,7,14,25,27H,6,8,23H2,(H,26,28)/t14-/m1/s1. The van der Waals surface area contributed by atoms with Gasteiger partial charge in [0.2, 0.25) is 0 Å². The smallest absolute Gasteiger partial charge is 0.389 e. The molecule has 6 nitrogen and oxygen atoms in total. The molecule has 154 valence electrons. The molecule has 0 radical (unpaired) electrons. The van der Waals surface area contributed by atoms with Gasteiger partial charge in [-0.25, -0.2) is 9.37 Å². The maximum absolute atomic E-state index is 14.1. The molecule has 29 heavy (non-hydrogen) atoms. The molecule has 0 aliphatic heterocycles. The number of carbonyl (C=O) groups is 1. The van der Waals surface area contributed by atoms with Gasteiger partial charge in [-0.2, -0.15) is 13.2 Å². The molecule has 0 aliphatic carbocycles. The second-order valence-corrected chi connectivity index (χ2v) is 7.20. The normalized spacial score (nSPS) is 12.8. The van der Waals surface area contributed by atoms with Gasteiger partial charge in [0, 0.05) is 28.9 Å². The summed E-state index contributed by atoms with van der Waals surface area (Å²) in [5.41, 5.74) is 4.75. The highest BCUT2D eigenvalue weighted by atomic mass is 32.1. The molecule has 1 amide bonds. The number of nitrogens with two attached hydrogens (primary N) is 1. The topological polar surface area (TPSA) is 104 Å². The van der Waals surface area contributed by atoms with E-state index in [9.17, 15) is 22.4 Å². The van der Waals surface area contributed by atoms with Gasteiger partial charge in [0.15, 0.2) is 0 Å². The Kier molecular flexibility index (Phi) is 6.01. The average Bonchev–Trinajstić information content (AvgIpc) is 3.34. The van der Waals surface area contributed by atoms with Gasteiger partial charge >= 0.3 is 6.18 Å². The number of thiazole rings is 1. The lowest BCUT2D eigenvalue weighted by atomic mass is 10.1. The summed E-state index contributed by atoms with van der Waals surface area (Å²) < 4.78 is 52.2. The third-order valence-corrected chi connectivity index (χ3v) is 5.20. The largest absolute Gasteiger partial charge is 0.416 e. The molecule has 0 saturated heterocycles. The molecule has 0 bridgehead atoms. The van der Waals surface area contributed by atoms with Gasteiger partial charge in [0.1, 0.15) is 16.5 Å². The number of nitrogens with one attached hydrogen (secondary N) is 2. The number of halogens is 4. The first-order chi connectivity index (χ1) is 13.7. The minimum atomic E-state index is -4.65. The number of rotatable bonds is 6. The zero-order valence-electron chi connectivity index (χ0n) is 14.8. The molecule has 0 unspecified atom stereocenters. The van der Waals surface area contributed by atoms with Crippen LogP contribution >= 0.6 is 11.3 Å². The third-order valence-electron chi connectivity index (χ3n) is 4.11. The van der Waals surface area contributed by atoms with Crippen LogP contribution in [0.2, 0.25) is 0 Å². The van der Waals surface area contributed by atoms with Crippen LogP contribution in [0.25, 0.3) is 11.3 Å². The SMILES string of the molecule is NC[C@@H](NC(=O)c1ccc(-c2ccc(C(F)(F)F)cc2F)[nH]1)c1cnc(CO)s1. The van der Waals surface area contributed by atoms with E-state index < -0.39 is 29.5 Å². The van der Waals surface area contributed by atoms with Crippen molar-refractivity contribution in [1.29, 1.82) is 0 Å². The van der Waals surface area contributed by atoms with Crippen molar-refractivity contribution in [2.24, 2.45) is 5.73 Å². The zero-order valence-corrected chi connectivity index (χ0v) is 15.6. The highest BCUT2D eigenvalue weighted by Crippen LogP contribution is 2.32. The quantitative estimate of drug-likeness (QED) is 0.453. The van der Waals surface area contributed by atoms with Crippen molar-refractivity contribution >= 4 is 17.2 Å². The van der Waals surface area contributed by atoms with Crippen molar-refractivity contribution in [3.63, 3.8) is 0 Å². The lowest BCUT2D eigenvalue weighted by Crippen LogP contribution is -2.33. The summed E-state index contributed by atoms with van der Waals surface area (Å²) in [5, 5.41) is 12.3. The summed E-state index contributed by atoms with van der Waals surface area (Å²) in [7, 11) is 0. The van der Waals surface area contributed by atoms with Crippen LogP contribution in [0.3, 0.4) is 0 Å². The third kappa shape index (κ3) is 4.63. The number of amides is 1. The van der Waals surface area contributed by atoms with Crippen molar-refractivity contribution in [2.45, 2.75) is 18.8 Å². The van der Waals surface area contributed by atoms with E-state index in [2.05, 4.69) is 15.3 Å². The minimum absolute atomic E-state index is 0.0832. The van der Waals surface area contributed by atoms with E-state index in [1.807, 2.05) is 0 Å². The molecule has 0 fully saturated rings. The highest BCUT2D eigenvalue weighted by Gasteiger charge is 2.31. The van der Waals surface area contributed by atoms with Crippen molar-refractivity contribution in [1.82, 2.24) is 15.3 Å². The number of aliphatic hydroxyl groups excluding tert-OH is 1. The first-order valence-corrected chi connectivity index (χ1v) is 9.17. The van der Waals surface area contributed by atoms with E-state index >= 15 is 0 Å². The molecule has 2 heterocycles. The average molecular weight is 428 g/mol. The molecule has 3 aromatic rings. The summed E-state index contributed by atoms with van der Waals surface area (Å²) in [6.45, 7) is -0.144. The maximum atomic E-state index is 14.1. The van der Waals surface area contributed by atoms with Gasteiger partial charge < -0.3 is 21.1 Å². The van der Waals surface area contributed by atoms with Crippen LogP contribution in [-0.4, -0.2) is 27.5 Å². The Balaban J connectivity index is 1.77. The second-order valence-electron chi connectivity index (χ2n) is 6.05. The number of benzene rings is 1. The Morgan fingerprint density at radius 3 is 2.66 bits per heavy atom. The van der Waals surface area contributed by atoms with Crippen molar-refractivity contribution < 1.29 is 27.5 Å². The molecule has 1 atom stereocenters. The van der Waals surface area contributed by atoms with Crippen LogP contribution in [0.15, 0.2) is 36.5 Å². The van der Waals surface area contributed by atoms with E-state index in [-0.39, 0.29) is 30.1 Å². The van der Waals surface area contributed by atoms with Crippen molar-refractivity contribution in [2.75, 3.05) is 6.54 Å². The molecular formula is C18H16F4N4O2S. The molecule has 0 spiro atoms. The fourth-order valence-corrected chi connectivity index (χ4v) is 3.48. The molecule has 2 aromatic heterocycles. The fraction of sp³-hybridized carbons (Fsp3) is 0.222. The molecule has 11 heteroatoms. The number of carbonyl (C=O) groups excluding carboxylic acids is 1. The number of aromatic amines is 1. The lowest BCUT2D eigenvalue weighted by molar-refractivity contribution is -0.137. The Labute approximate surface area is 166 Å². The summed E-state index contributed by atoms with van der Waals surface area (Å²) in [6.07, 6.45) is -3.14. The second kappa shape index (κ2) is 8.31.